The molecule has 0 radical (unpaired) electrons. The maximum atomic E-state index is 12.0. The number of aryl methyl sites for hydroxylation is 1. The number of rotatable bonds is 4. The van der Waals surface area contributed by atoms with Crippen molar-refractivity contribution in [2.75, 3.05) is 11.9 Å². The normalized spacial score (nSPS) is 16.6. The summed E-state index contributed by atoms with van der Waals surface area (Å²) < 4.78 is 1.01. The van der Waals surface area contributed by atoms with Crippen molar-refractivity contribution in [3.8, 4) is 0 Å². The Morgan fingerprint density at radius 2 is 2.18 bits per heavy atom. The lowest BCUT2D eigenvalue weighted by Gasteiger charge is -2.13. The molecule has 1 amide bonds. The van der Waals surface area contributed by atoms with Gasteiger partial charge in [0.2, 0.25) is 0 Å². The van der Waals surface area contributed by atoms with Crippen molar-refractivity contribution >= 4 is 37.8 Å². The average molecular weight is 361 g/mol. The number of benzene rings is 1. The van der Waals surface area contributed by atoms with Gasteiger partial charge in [0.05, 0.1) is 0 Å². The summed E-state index contributed by atoms with van der Waals surface area (Å²) in [7, 11) is 0. The minimum absolute atomic E-state index is 0.0298. The second-order valence-electron chi connectivity index (χ2n) is 4.78. The lowest BCUT2D eigenvalue weighted by molar-refractivity contribution is 0.0946. The van der Waals surface area contributed by atoms with Gasteiger partial charge in [-0.1, -0.05) is 31.9 Å². The van der Waals surface area contributed by atoms with Crippen LogP contribution >= 0.6 is 31.9 Å². The van der Waals surface area contributed by atoms with Crippen LogP contribution in [0.5, 0.6) is 0 Å². The number of nitrogens with one attached hydrogen (secondary N) is 1. The molecule has 0 aromatic heterocycles. The zero-order chi connectivity index (χ0) is 12.5. The van der Waals surface area contributed by atoms with Gasteiger partial charge in [0.15, 0.2) is 0 Å². The maximum Gasteiger partial charge on any atom is 0.251 e. The molecule has 0 spiro atoms. The smallest absolute Gasteiger partial charge is 0.251 e. The van der Waals surface area contributed by atoms with Crippen LogP contribution in [-0.2, 0) is 0 Å². The van der Waals surface area contributed by atoms with Crippen LogP contribution in [0.3, 0.4) is 0 Å². The molecule has 2 rings (SSSR count). The van der Waals surface area contributed by atoms with E-state index < -0.39 is 0 Å². The molecule has 1 aromatic rings. The molecule has 17 heavy (non-hydrogen) atoms. The summed E-state index contributed by atoms with van der Waals surface area (Å²) in [5.74, 6) is 0.0298. The van der Waals surface area contributed by atoms with Gasteiger partial charge in [-0.15, -0.1) is 0 Å². The van der Waals surface area contributed by atoms with E-state index >= 15 is 0 Å². The molecule has 1 aliphatic rings. The highest BCUT2D eigenvalue weighted by molar-refractivity contribution is 9.10. The first-order chi connectivity index (χ1) is 8.06. The van der Waals surface area contributed by atoms with Crippen LogP contribution in [0.15, 0.2) is 22.7 Å². The fraction of sp³-hybridized carbons (Fsp3) is 0.462. The Hall–Kier alpha value is -0.350. The van der Waals surface area contributed by atoms with Gasteiger partial charge < -0.3 is 5.32 Å². The number of carbonyl (C=O) groups is 1. The summed E-state index contributed by atoms with van der Waals surface area (Å²) in [5.41, 5.74) is 2.08. The van der Waals surface area contributed by atoms with Crippen LogP contribution in [0, 0.1) is 12.3 Å². The minimum Gasteiger partial charge on any atom is -0.351 e. The molecule has 92 valence electrons. The molecule has 1 saturated carbocycles. The zero-order valence-electron chi connectivity index (χ0n) is 9.72. The van der Waals surface area contributed by atoms with Crippen molar-refractivity contribution in [1.29, 1.82) is 0 Å². The van der Waals surface area contributed by atoms with E-state index in [4.69, 9.17) is 0 Å². The second kappa shape index (κ2) is 5.11. The van der Waals surface area contributed by atoms with E-state index in [1.807, 2.05) is 25.1 Å². The molecule has 0 saturated heterocycles. The Labute approximate surface area is 118 Å². The van der Waals surface area contributed by atoms with E-state index in [0.29, 0.717) is 5.41 Å². The second-order valence-corrected chi connectivity index (χ2v) is 6.25. The standard InChI is InChI=1S/C13H15Br2NO/c1-9-6-10(15)2-3-11(9)12(17)16-8-13(7-14)4-5-13/h2-3,6H,4-5,7-8H2,1H3,(H,16,17). The van der Waals surface area contributed by atoms with Crippen LogP contribution in [0.2, 0.25) is 0 Å². The van der Waals surface area contributed by atoms with E-state index in [0.717, 1.165) is 27.5 Å². The molecule has 0 atom stereocenters. The molecule has 0 aliphatic heterocycles. The van der Waals surface area contributed by atoms with Crippen molar-refractivity contribution in [1.82, 2.24) is 5.32 Å². The van der Waals surface area contributed by atoms with Crippen LogP contribution in [0.1, 0.15) is 28.8 Å². The van der Waals surface area contributed by atoms with E-state index in [1.54, 1.807) is 0 Å². The monoisotopic (exact) mass is 359 g/mol. The van der Waals surface area contributed by atoms with Gasteiger partial charge in [-0.2, -0.15) is 0 Å². The largest absolute Gasteiger partial charge is 0.351 e. The molecule has 1 N–H and O–H groups in total. The fourth-order valence-electron chi connectivity index (χ4n) is 1.78. The first-order valence-corrected chi connectivity index (χ1v) is 7.58. The number of amides is 1. The van der Waals surface area contributed by atoms with Gasteiger partial charge in [-0.25, -0.2) is 0 Å². The highest BCUT2D eigenvalue weighted by Crippen LogP contribution is 2.46. The van der Waals surface area contributed by atoms with Crippen molar-refractivity contribution in [3.63, 3.8) is 0 Å². The van der Waals surface area contributed by atoms with Crippen LogP contribution in [-0.4, -0.2) is 17.8 Å². The average Bonchev–Trinajstić information content (AvgIpc) is 3.07. The Kier molecular flexibility index (Phi) is 3.93. The number of alkyl halides is 1. The molecule has 2 nitrogen and oxygen atoms in total. The van der Waals surface area contributed by atoms with E-state index in [2.05, 4.69) is 37.2 Å². The van der Waals surface area contributed by atoms with Gasteiger partial charge in [0.1, 0.15) is 0 Å². The summed E-state index contributed by atoms with van der Waals surface area (Å²) in [4.78, 5) is 12.0. The Bertz CT molecular complexity index is 441. The third-order valence-electron chi connectivity index (χ3n) is 3.30. The van der Waals surface area contributed by atoms with Crippen molar-refractivity contribution < 1.29 is 4.79 Å². The quantitative estimate of drug-likeness (QED) is 0.815. The van der Waals surface area contributed by atoms with Gasteiger partial charge >= 0.3 is 0 Å². The molecule has 0 heterocycles. The lowest BCUT2D eigenvalue weighted by Crippen LogP contribution is -2.31. The highest BCUT2D eigenvalue weighted by Gasteiger charge is 2.41. The Morgan fingerprint density at radius 3 is 2.71 bits per heavy atom. The van der Waals surface area contributed by atoms with Gasteiger partial charge in [-0.05, 0) is 48.9 Å². The summed E-state index contributed by atoms with van der Waals surface area (Å²) in [6.07, 6.45) is 2.41. The number of hydrogen-bond donors (Lipinski definition) is 1. The molecular weight excluding hydrogens is 346 g/mol. The van der Waals surface area contributed by atoms with Crippen molar-refractivity contribution in [3.05, 3.63) is 33.8 Å². The summed E-state index contributed by atoms with van der Waals surface area (Å²) in [6, 6.07) is 5.73. The molecule has 1 aliphatic carbocycles. The topological polar surface area (TPSA) is 29.1 Å². The van der Waals surface area contributed by atoms with Gasteiger partial charge in [0, 0.05) is 21.9 Å². The van der Waals surface area contributed by atoms with Crippen LogP contribution in [0.4, 0.5) is 0 Å². The maximum absolute atomic E-state index is 12.0. The third kappa shape index (κ3) is 3.10. The van der Waals surface area contributed by atoms with Crippen LogP contribution < -0.4 is 5.32 Å². The Morgan fingerprint density at radius 1 is 1.47 bits per heavy atom. The minimum atomic E-state index is 0.0298. The summed E-state index contributed by atoms with van der Waals surface area (Å²) >= 11 is 6.91. The summed E-state index contributed by atoms with van der Waals surface area (Å²) in [5, 5.41) is 4.00. The number of carbonyl (C=O) groups excluding carboxylic acids is 1. The zero-order valence-corrected chi connectivity index (χ0v) is 12.9. The predicted octanol–water partition coefficient (Wildman–Crippen LogP) is 3.66. The third-order valence-corrected chi connectivity index (χ3v) is 4.98. The highest BCUT2D eigenvalue weighted by atomic mass is 79.9. The van der Waals surface area contributed by atoms with Crippen LogP contribution in [0.25, 0.3) is 0 Å². The fourth-order valence-corrected chi connectivity index (χ4v) is 3.01. The molecule has 4 heteroatoms. The van der Waals surface area contributed by atoms with Crippen molar-refractivity contribution in [2.45, 2.75) is 19.8 Å². The summed E-state index contributed by atoms with van der Waals surface area (Å²) in [6.45, 7) is 2.73. The van der Waals surface area contributed by atoms with Gasteiger partial charge in [-0.3, -0.25) is 4.79 Å². The van der Waals surface area contributed by atoms with Crippen molar-refractivity contribution in [2.24, 2.45) is 5.41 Å². The molecule has 0 bridgehead atoms. The van der Waals surface area contributed by atoms with E-state index in [9.17, 15) is 4.79 Å². The first-order valence-electron chi connectivity index (χ1n) is 5.67. The molecule has 1 aromatic carbocycles. The molecule has 1 fully saturated rings. The van der Waals surface area contributed by atoms with E-state index in [1.165, 1.54) is 12.8 Å². The number of halogens is 2. The van der Waals surface area contributed by atoms with E-state index in [-0.39, 0.29) is 5.91 Å². The predicted molar refractivity (Wildman–Crippen MR) is 76.7 cm³/mol. The molecular formula is C13H15Br2NO. The lowest BCUT2D eigenvalue weighted by atomic mass is 10.1. The first kappa shape index (κ1) is 13.1. The molecule has 0 unspecified atom stereocenters. The number of hydrogen-bond acceptors (Lipinski definition) is 1. The SMILES string of the molecule is Cc1cc(Br)ccc1C(=O)NCC1(CBr)CC1. The van der Waals surface area contributed by atoms with Gasteiger partial charge in [0.25, 0.3) is 5.91 Å². The Balaban J connectivity index is 2.00.